The van der Waals surface area contributed by atoms with Crippen molar-refractivity contribution in [1.29, 1.82) is 0 Å². The third-order valence-electron chi connectivity index (χ3n) is 3.40. The molecule has 0 radical (unpaired) electrons. The van der Waals surface area contributed by atoms with Crippen LogP contribution in [0.1, 0.15) is 31.7 Å². The van der Waals surface area contributed by atoms with Crippen LogP contribution in [0.3, 0.4) is 0 Å². The van der Waals surface area contributed by atoms with Crippen molar-refractivity contribution in [2.24, 2.45) is 0 Å². The highest BCUT2D eigenvalue weighted by Crippen LogP contribution is 2.22. The largest absolute Gasteiger partial charge is 0.488 e. The molecule has 1 aromatic heterocycles. The number of ether oxygens (including phenoxy) is 1. The molecule has 0 aliphatic carbocycles. The first-order chi connectivity index (χ1) is 11.2. The summed E-state index contributed by atoms with van der Waals surface area (Å²) in [6.45, 7) is 3.60. The molecular formula is C17H23BrN4O. The van der Waals surface area contributed by atoms with Crippen LogP contribution in [-0.2, 0) is 6.42 Å². The Kier molecular flexibility index (Phi) is 7.13. The highest BCUT2D eigenvalue weighted by atomic mass is 79.9. The minimum atomic E-state index is 0.254. The lowest BCUT2D eigenvalue weighted by Crippen LogP contribution is -2.09. The third-order valence-corrected chi connectivity index (χ3v) is 4.18. The number of hydrogen-bond acceptors (Lipinski definition) is 5. The molecule has 2 rings (SSSR count). The summed E-state index contributed by atoms with van der Waals surface area (Å²) >= 11 is 3.56. The van der Waals surface area contributed by atoms with E-state index in [1.807, 2.05) is 12.1 Å². The van der Waals surface area contributed by atoms with Crippen molar-refractivity contribution in [2.45, 2.75) is 32.6 Å². The van der Waals surface area contributed by atoms with Crippen LogP contribution in [0.25, 0.3) is 0 Å². The van der Waals surface area contributed by atoms with E-state index in [0.29, 0.717) is 18.2 Å². The Balaban J connectivity index is 1.86. The first-order valence-electron chi connectivity index (χ1n) is 7.93. The molecular weight excluding hydrogens is 356 g/mol. The number of aryl methyl sites for hydroxylation is 1. The van der Waals surface area contributed by atoms with Crippen LogP contribution in [0.4, 0.5) is 11.8 Å². The molecule has 23 heavy (non-hydrogen) atoms. The average molecular weight is 379 g/mol. The maximum atomic E-state index is 5.83. The van der Waals surface area contributed by atoms with Gasteiger partial charge in [-0.3, -0.25) is 0 Å². The van der Waals surface area contributed by atoms with Gasteiger partial charge in [0.2, 0.25) is 5.95 Å². The van der Waals surface area contributed by atoms with E-state index < -0.39 is 0 Å². The van der Waals surface area contributed by atoms with Crippen molar-refractivity contribution in [3.8, 4) is 5.75 Å². The lowest BCUT2D eigenvalue weighted by molar-refractivity contribution is 0.310. The summed E-state index contributed by atoms with van der Waals surface area (Å²) in [7, 11) is 0. The van der Waals surface area contributed by atoms with E-state index >= 15 is 0 Å². The molecule has 0 spiro atoms. The minimum absolute atomic E-state index is 0.254. The van der Waals surface area contributed by atoms with Gasteiger partial charge in [0.25, 0.3) is 0 Å². The van der Waals surface area contributed by atoms with E-state index in [9.17, 15) is 0 Å². The van der Waals surface area contributed by atoms with Crippen LogP contribution in [-0.4, -0.2) is 23.1 Å². The van der Waals surface area contributed by atoms with Gasteiger partial charge in [-0.25, -0.2) is 4.98 Å². The lowest BCUT2D eigenvalue weighted by Gasteiger charge is -2.12. The van der Waals surface area contributed by atoms with E-state index in [4.69, 9.17) is 10.5 Å². The van der Waals surface area contributed by atoms with Gasteiger partial charge < -0.3 is 15.8 Å². The van der Waals surface area contributed by atoms with E-state index in [1.165, 1.54) is 5.56 Å². The van der Waals surface area contributed by atoms with E-state index in [-0.39, 0.29) is 5.95 Å². The van der Waals surface area contributed by atoms with E-state index in [2.05, 4.69) is 50.3 Å². The minimum Gasteiger partial charge on any atom is -0.488 e. The van der Waals surface area contributed by atoms with Crippen LogP contribution in [0.15, 0.2) is 34.9 Å². The van der Waals surface area contributed by atoms with Crippen molar-refractivity contribution < 1.29 is 4.74 Å². The molecule has 0 aliphatic heterocycles. The summed E-state index contributed by atoms with van der Waals surface area (Å²) < 4.78 is 6.96. The van der Waals surface area contributed by atoms with Gasteiger partial charge in [-0.15, -0.1) is 0 Å². The highest BCUT2D eigenvalue weighted by molar-refractivity contribution is 9.10. The van der Waals surface area contributed by atoms with Crippen molar-refractivity contribution >= 4 is 27.7 Å². The summed E-state index contributed by atoms with van der Waals surface area (Å²) in [5, 5.41) is 3.26. The fourth-order valence-corrected chi connectivity index (χ4v) is 2.63. The van der Waals surface area contributed by atoms with Crippen LogP contribution in [0, 0.1) is 0 Å². The molecule has 0 fully saturated rings. The monoisotopic (exact) mass is 378 g/mol. The zero-order chi connectivity index (χ0) is 16.5. The Morgan fingerprint density at radius 2 is 2.09 bits per heavy atom. The van der Waals surface area contributed by atoms with Gasteiger partial charge in [-0.05, 0) is 30.9 Å². The number of halogens is 1. The van der Waals surface area contributed by atoms with Crippen LogP contribution in [0.2, 0.25) is 0 Å². The van der Waals surface area contributed by atoms with Crippen molar-refractivity contribution in [1.82, 2.24) is 9.97 Å². The Labute approximate surface area is 145 Å². The first-order valence-corrected chi connectivity index (χ1v) is 8.72. The molecule has 0 saturated heterocycles. The third kappa shape index (κ3) is 5.71. The molecule has 6 heteroatoms. The number of hydrogen-bond donors (Lipinski definition) is 2. The maximum Gasteiger partial charge on any atom is 0.222 e. The second-order valence-electron chi connectivity index (χ2n) is 5.26. The number of nitrogen functional groups attached to an aromatic ring is 1. The Morgan fingerprint density at radius 3 is 2.87 bits per heavy atom. The number of aromatic nitrogens is 2. The number of benzene rings is 1. The fraction of sp³-hybridized carbons (Fsp3) is 0.412. The molecule has 0 saturated carbocycles. The predicted octanol–water partition coefficient (Wildman–Crippen LogP) is 4.04. The normalized spacial score (nSPS) is 10.5. The molecule has 5 nitrogen and oxygen atoms in total. The van der Waals surface area contributed by atoms with Crippen molar-refractivity contribution in [2.75, 3.05) is 24.2 Å². The summed E-state index contributed by atoms with van der Waals surface area (Å²) in [4.78, 5) is 8.23. The lowest BCUT2D eigenvalue weighted by atomic mass is 10.1. The molecule has 0 unspecified atom stereocenters. The number of rotatable bonds is 9. The summed E-state index contributed by atoms with van der Waals surface area (Å²) in [6.07, 6.45) is 5.70. The number of nitrogens with zero attached hydrogens (tertiary/aromatic N) is 2. The van der Waals surface area contributed by atoms with Crippen LogP contribution >= 0.6 is 15.9 Å². The zero-order valence-corrected chi connectivity index (χ0v) is 15.0. The van der Waals surface area contributed by atoms with Gasteiger partial charge in [0.05, 0.1) is 12.8 Å². The summed E-state index contributed by atoms with van der Waals surface area (Å²) in [5.41, 5.74) is 6.94. The quantitative estimate of drug-likeness (QED) is 0.644. The predicted molar refractivity (Wildman–Crippen MR) is 97.8 cm³/mol. The molecule has 3 N–H and O–H groups in total. The topological polar surface area (TPSA) is 73.1 Å². The maximum absolute atomic E-state index is 5.83. The molecule has 0 amide bonds. The Morgan fingerprint density at radius 1 is 1.26 bits per heavy atom. The van der Waals surface area contributed by atoms with Crippen molar-refractivity contribution in [3.63, 3.8) is 0 Å². The molecule has 0 aliphatic rings. The number of unbranched alkanes of at least 4 members (excludes halogenated alkanes) is 1. The molecule has 124 valence electrons. The smallest absolute Gasteiger partial charge is 0.222 e. The Bertz CT molecular complexity index is 621. The van der Waals surface area contributed by atoms with Crippen LogP contribution < -0.4 is 15.8 Å². The number of anilines is 2. The van der Waals surface area contributed by atoms with Gasteiger partial charge in [0, 0.05) is 11.0 Å². The number of nitrogens with two attached hydrogens (primary N) is 1. The van der Waals surface area contributed by atoms with Gasteiger partial charge in [-0.2, -0.15) is 4.98 Å². The number of nitrogens with one attached hydrogen (secondary N) is 1. The van der Waals surface area contributed by atoms with Gasteiger partial charge in [0.1, 0.15) is 0 Å². The van der Waals surface area contributed by atoms with E-state index in [0.717, 1.165) is 36.7 Å². The summed E-state index contributed by atoms with van der Waals surface area (Å²) in [6, 6.07) is 8.24. The Hall–Kier alpha value is -1.82. The van der Waals surface area contributed by atoms with Gasteiger partial charge >= 0.3 is 0 Å². The van der Waals surface area contributed by atoms with Gasteiger partial charge in [-0.1, -0.05) is 47.5 Å². The molecule has 0 bridgehead atoms. The van der Waals surface area contributed by atoms with E-state index in [1.54, 1.807) is 6.20 Å². The van der Waals surface area contributed by atoms with Gasteiger partial charge in [0.15, 0.2) is 11.6 Å². The summed E-state index contributed by atoms with van der Waals surface area (Å²) in [5.74, 6) is 1.58. The second-order valence-corrected chi connectivity index (χ2v) is 6.12. The SMILES string of the molecule is CCCCNc1nc(N)ncc1OCCCc1ccccc1Br. The zero-order valence-electron chi connectivity index (χ0n) is 13.4. The molecule has 1 heterocycles. The standard InChI is InChI=1S/C17H23BrN4O/c1-2-3-10-20-16-15(12-21-17(19)22-16)23-11-6-8-13-7-4-5-9-14(13)18/h4-5,7,9,12H,2-3,6,8,10-11H2,1H3,(H3,19,20,21,22). The molecule has 2 aromatic rings. The highest BCUT2D eigenvalue weighted by Gasteiger charge is 2.07. The average Bonchev–Trinajstić information content (AvgIpc) is 2.55. The first kappa shape index (κ1) is 17.5. The van der Waals surface area contributed by atoms with Crippen molar-refractivity contribution in [3.05, 3.63) is 40.5 Å². The fourth-order valence-electron chi connectivity index (χ4n) is 2.15. The second kappa shape index (κ2) is 9.35. The molecule has 1 aromatic carbocycles. The van der Waals surface area contributed by atoms with Crippen LogP contribution in [0.5, 0.6) is 5.75 Å². The molecule has 0 atom stereocenters.